The van der Waals surface area contributed by atoms with Crippen molar-refractivity contribution in [3.05, 3.63) is 0 Å². The Balaban J connectivity index is 3.99. The smallest absolute Gasteiger partial charge is 0.311 e. The number of hydrogen-bond acceptors (Lipinski definition) is 3. The molecular formula is C15H32O3Si. The molecule has 19 heavy (non-hydrogen) atoms. The highest BCUT2D eigenvalue weighted by Gasteiger charge is 2.36. The van der Waals surface area contributed by atoms with Gasteiger partial charge in [-0.15, -0.1) is 0 Å². The summed E-state index contributed by atoms with van der Waals surface area (Å²) in [7, 11) is -0.172. The molecule has 114 valence electrons. The molecule has 0 saturated carbocycles. The van der Waals surface area contributed by atoms with Crippen molar-refractivity contribution in [2.75, 3.05) is 13.7 Å². The zero-order valence-electron chi connectivity index (χ0n) is 14.1. The van der Waals surface area contributed by atoms with Crippen molar-refractivity contribution in [2.45, 2.75) is 72.0 Å². The molecule has 0 aliphatic carbocycles. The highest BCUT2D eigenvalue weighted by atomic mass is 28.4. The summed E-state index contributed by atoms with van der Waals surface area (Å²) >= 11 is 0. The predicted molar refractivity (Wildman–Crippen MR) is 82.8 cm³/mol. The lowest BCUT2D eigenvalue weighted by atomic mass is 9.87. The maximum absolute atomic E-state index is 11.5. The maximum Gasteiger partial charge on any atom is 0.311 e. The largest absolute Gasteiger partial charge is 0.469 e. The van der Waals surface area contributed by atoms with Crippen molar-refractivity contribution in [3.63, 3.8) is 0 Å². The topological polar surface area (TPSA) is 35.5 Å². The maximum atomic E-state index is 11.5. The number of ether oxygens (including phenoxy) is 1. The van der Waals surface area contributed by atoms with E-state index < -0.39 is 8.32 Å². The van der Waals surface area contributed by atoms with E-state index in [2.05, 4.69) is 33.9 Å². The van der Waals surface area contributed by atoms with Gasteiger partial charge < -0.3 is 9.16 Å². The third kappa shape index (κ3) is 6.08. The van der Waals surface area contributed by atoms with Crippen molar-refractivity contribution in [1.82, 2.24) is 0 Å². The number of hydrogen-bond donors (Lipinski definition) is 0. The summed E-state index contributed by atoms with van der Waals surface area (Å²) in [6, 6.07) is 0. The minimum atomic E-state index is -1.62. The average Bonchev–Trinajstić information content (AvgIpc) is 2.25. The zero-order chi connectivity index (χ0) is 15.3. The van der Waals surface area contributed by atoms with Crippen molar-refractivity contribution >= 4 is 14.3 Å². The van der Waals surface area contributed by atoms with Gasteiger partial charge in [0.05, 0.1) is 12.5 Å². The monoisotopic (exact) mass is 288 g/mol. The van der Waals surface area contributed by atoms with Crippen LogP contribution in [-0.2, 0) is 14.0 Å². The molecule has 0 aliphatic rings. The Morgan fingerprint density at radius 1 is 1.05 bits per heavy atom. The summed E-state index contributed by atoms with van der Waals surface area (Å²) in [6.45, 7) is 16.0. The van der Waals surface area contributed by atoms with Crippen LogP contribution in [0.15, 0.2) is 0 Å². The first kappa shape index (κ1) is 18.6. The molecule has 0 aliphatic heterocycles. The zero-order valence-corrected chi connectivity index (χ0v) is 15.1. The summed E-state index contributed by atoms with van der Waals surface area (Å²) in [5, 5.41) is 0.262. The number of rotatable bonds is 7. The fraction of sp³-hybridized carbons (Fsp3) is 0.933. The van der Waals surface area contributed by atoms with Gasteiger partial charge in [0.2, 0.25) is 0 Å². The second-order valence-corrected chi connectivity index (χ2v) is 12.3. The van der Waals surface area contributed by atoms with Crippen molar-refractivity contribution < 1.29 is 14.0 Å². The molecule has 0 aromatic carbocycles. The van der Waals surface area contributed by atoms with Crippen LogP contribution in [0.2, 0.25) is 18.1 Å². The molecule has 0 atom stereocenters. The molecule has 0 aromatic rings. The van der Waals surface area contributed by atoms with E-state index in [4.69, 9.17) is 9.16 Å². The van der Waals surface area contributed by atoms with Gasteiger partial charge in [-0.25, -0.2) is 0 Å². The van der Waals surface area contributed by atoms with Crippen LogP contribution in [0.3, 0.4) is 0 Å². The number of esters is 1. The van der Waals surface area contributed by atoms with Crippen LogP contribution in [0.25, 0.3) is 0 Å². The Hall–Kier alpha value is -0.353. The third-order valence-electron chi connectivity index (χ3n) is 4.20. The summed E-state index contributed by atoms with van der Waals surface area (Å²) in [5.74, 6) is -0.127. The van der Waals surface area contributed by atoms with Crippen molar-refractivity contribution in [2.24, 2.45) is 5.41 Å². The van der Waals surface area contributed by atoms with E-state index in [1.807, 2.05) is 13.8 Å². The van der Waals surface area contributed by atoms with Gasteiger partial charge in [-0.05, 0) is 44.8 Å². The van der Waals surface area contributed by atoms with Crippen LogP contribution in [0, 0.1) is 5.41 Å². The normalized spacial score (nSPS) is 13.5. The lowest BCUT2D eigenvalue weighted by molar-refractivity contribution is -0.151. The highest BCUT2D eigenvalue weighted by molar-refractivity contribution is 6.74. The van der Waals surface area contributed by atoms with Gasteiger partial charge in [-0.3, -0.25) is 4.79 Å². The summed E-state index contributed by atoms with van der Waals surface area (Å²) in [6.07, 6.45) is 2.85. The Bertz CT molecular complexity index is 290. The van der Waals surface area contributed by atoms with Crippen LogP contribution in [-0.4, -0.2) is 28.0 Å². The molecule has 0 radical (unpaired) electrons. The standard InChI is InChI=1S/C15H32O3Si/c1-14(2,3)19(7,8)18-12-10-9-11-15(4,5)13(16)17-6/h9-12H2,1-8H3. The van der Waals surface area contributed by atoms with Gasteiger partial charge in [0.1, 0.15) is 0 Å². The number of methoxy groups -OCH3 is 1. The number of carbonyl (C=O) groups is 1. The first-order valence-electron chi connectivity index (χ1n) is 7.16. The van der Waals surface area contributed by atoms with Crippen LogP contribution < -0.4 is 0 Å². The van der Waals surface area contributed by atoms with Gasteiger partial charge in [-0.1, -0.05) is 27.2 Å². The Morgan fingerprint density at radius 2 is 1.58 bits per heavy atom. The quantitative estimate of drug-likeness (QED) is 0.396. The van der Waals surface area contributed by atoms with E-state index in [9.17, 15) is 4.79 Å². The lowest BCUT2D eigenvalue weighted by Crippen LogP contribution is -2.41. The van der Waals surface area contributed by atoms with E-state index in [1.165, 1.54) is 7.11 Å². The average molecular weight is 289 g/mol. The summed E-state index contributed by atoms with van der Waals surface area (Å²) < 4.78 is 10.9. The lowest BCUT2D eigenvalue weighted by Gasteiger charge is -2.36. The minimum absolute atomic E-state index is 0.127. The van der Waals surface area contributed by atoms with E-state index >= 15 is 0 Å². The van der Waals surface area contributed by atoms with E-state index in [1.54, 1.807) is 0 Å². The fourth-order valence-corrected chi connectivity index (χ4v) is 2.68. The predicted octanol–water partition coefficient (Wildman–Crippen LogP) is 4.38. The Labute approximate surface area is 120 Å². The molecule has 0 bridgehead atoms. The molecule has 0 rings (SSSR count). The molecule has 0 fully saturated rings. The van der Waals surface area contributed by atoms with Crippen LogP contribution in [0.4, 0.5) is 0 Å². The first-order chi connectivity index (χ1) is 8.44. The van der Waals surface area contributed by atoms with Crippen LogP contribution in [0.5, 0.6) is 0 Å². The Kier molecular flexibility index (Phi) is 6.76. The van der Waals surface area contributed by atoms with Crippen molar-refractivity contribution in [3.8, 4) is 0 Å². The second kappa shape index (κ2) is 6.89. The summed E-state index contributed by atoms with van der Waals surface area (Å²) in [4.78, 5) is 11.5. The SMILES string of the molecule is COC(=O)C(C)(C)CCCCO[Si](C)(C)C(C)(C)C. The first-order valence-corrected chi connectivity index (χ1v) is 10.1. The van der Waals surface area contributed by atoms with E-state index in [-0.39, 0.29) is 16.4 Å². The minimum Gasteiger partial charge on any atom is -0.469 e. The van der Waals surface area contributed by atoms with E-state index in [0.717, 1.165) is 25.9 Å². The molecular weight excluding hydrogens is 256 g/mol. The second-order valence-electron chi connectivity index (χ2n) is 7.44. The molecule has 4 heteroatoms. The third-order valence-corrected chi connectivity index (χ3v) is 8.74. The molecule has 3 nitrogen and oxygen atoms in total. The number of unbranched alkanes of at least 4 members (excludes halogenated alkanes) is 1. The van der Waals surface area contributed by atoms with Gasteiger partial charge >= 0.3 is 5.97 Å². The van der Waals surface area contributed by atoms with Gasteiger partial charge in [0, 0.05) is 6.61 Å². The fourth-order valence-electron chi connectivity index (χ4n) is 1.59. The van der Waals surface area contributed by atoms with Crippen LogP contribution >= 0.6 is 0 Å². The molecule has 0 N–H and O–H groups in total. The number of carbonyl (C=O) groups excluding carboxylic acids is 1. The molecule has 0 saturated heterocycles. The van der Waals surface area contributed by atoms with E-state index in [0.29, 0.717) is 0 Å². The molecule has 0 amide bonds. The van der Waals surface area contributed by atoms with Crippen molar-refractivity contribution in [1.29, 1.82) is 0 Å². The molecule has 0 heterocycles. The van der Waals surface area contributed by atoms with Gasteiger partial charge in [0.25, 0.3) is 0 Å². The highest BCUT2D eigenvalue weighted by Crippen LogP contribution is 2.36. The van der Waals surface area contributed by atoms with Gasteiger partial charge in [0.15, 0.2) is 8.32 Å². The molecule has 0 aromatic heterocycles. The van der Waals surface area contributed by atoms with Crippen LogP contribution in [0.1, 0.15) is 53.9 Å². The molecule has 0 spiro atoms. The van der Waals surface area contributed by atoms with Gasteiger partial charge in [-0.2, -0.15) is 0 Å². The molecule has 0 unspecified atom stereocenters. The summed E-state index contributed by atoms with van der Waals surface area (Å²) in [5.41, 5.74) is -0.383. The Morgan fingerprint density at radius 3 is 2.00 bits per heavy atom.